The summed E-state index contributed by atoms with van der Waals surface area (Å²) in [5.41, 5.74) is 0.835. The molecule has 1 saturated heterocycles. The lowest BCUT2D eigenvalue weighted by atomic mass is 10.0. The van der Waals surface area contributed by atoms with Crippen LogP contribution in [0.25, 0.3) is 0 Å². The Bertz CT molecular complexity index is 1270. The van der Waals surface area contributed by atoms with Gasteiger partial charge in [-0.05, 0) is 55.7 Å². The van der Waals surface area contributed by atoms with Crippen molar-refractivity contribution in [3.05, 3.63) is 68.9 Å². The highest BCUT2D eigenvalue weighted by Gasteiger charge is 2.33. The van der Waals surface area contributed by atoms with Crippen LogP contribution in [0.2, 0.25) is 5.02 Å². The van der Waals surface area contributed by atoms with Gasteiger partial charge >= 0.3 is 0 Å². The minimum absolute atomic E-state index is 0.134. The molecule has 2 heterocycles. The number of halogens is 2. The highest BCUT2D eigenvalue weighted by Crippen LogP contribution is 2.33. The van der Waals surface area contributed by atoms with E-state index in [9.17, 15) is 17.6 Å². The number of sulfonamides is 1. The predicted molar refractivity (Wildman–Crippen MR) is 121 cm³/mol. The maximum Gasteiger partial charge on any atom is 0.286 e. The molecule has 7 nitrogen and oxygen atoms in total. The predicted octanol–water partition coefficient (Wildman–Crippen LogP) is 4.46. The van der Waals surface area contributed by atoms with Crippen molar-refractivity contribution in [1.82, 2.24) is 14.5 Å². The molecular weight excluding hydrogens is 475 g/mol. The summed E-state index contributed by atoms with van der Waals surface area (Å²) < 4.78 is 41.2. The molecule has 0 spiro atoms. The van der Waals surface area contributed by atoms with Gasteiger partial charge in [0.25, 0.3) is 5.91 Å². The van der Waals surface area contributed by atoms with Crippen LogP contribution in [0.3, 0.4) is 0 Å². The lowest BCUT2D eigenvalue weighted by molar-refractivity contribution is 0.102. The maximum atomic E-state index is 13.3. The number of nitrogens with one attached hydrogen (secondary N) is 1. The van der Waals surface area contributed by atoms with E-state index in [4.69, 9.17) is 11.6 Å². The molecular formula is C21H20ClFN4O3S2. The largest absolute Gasteiger partial charge is 0.320 e. The van der Waals surface area contributed by atoms with E-state index in [-0.39, 0.29) is 22.4 Å². The molecule has 4 rings (SSSR count). The van der Waals surface area contributed by atoms with Gasteiger partial charge in [-0.2, -0.15) is 4.31 Å². The second-order valence-electron chi connectivity index (χ2n) is 7.48. The number of carbonyl (C=O) groups is 1. The van der Waals surface area contributed by atoms with E-state index in [0.717, 1.165) is 17.8 Å². The summed E-state index contributed by atoms with van der Waals surface area (Å²) in [5, 5.41) is 11.8. The Balaban J connectivity index is 1.50. The molecule has 1 atom stereocenters. The summed E-state index contributed by atoms with van der Waals surface area (Å²) >= 11 is 7.24. The lowest BCUT2D eigenvalue weighted by Gasteiger charge is -2.31. The van der Waals surface area contributed by atoms with Crippen molar-refractivity contribution in [3.8, 4) is 0 Å². The van der Waals surface area contributed by atoms with Gasteiger partial charge in [-0.3, -0.25) is 4.79 Å². The van der Waals surface area contributed by atoms with Crippen LogP contribution in [0.1, 0.15) is 39.1 Å². The number of hydrogen-bond donors (Lipinski definition) is 1. The van der Waals surface area contributed by atoms with Crippen LogP contribution in [0.5, 0.6) is 0 Å². The first-order chi connectivity index (χ1) is 15.3. The molecule has 0 radical (unpaired) electrons. The Hall–Kier alpha value is -2.40. The standard InChI is InChI=1S/C21H20ClFN4O3S2/c1-13-17(22)8-3-9-18(13)32(29,30)27-10-4-5-14(12-27)20-25-26-21(31-20)19(28)24-16-7-2-6-15(23)11-16/h2-3,6-9,11,14H,4-5,10,12H2,1H3,(H,24,28)/t14-/m1/s1. The molecule has 1 fully saturated rings. The van der Waals surface area contributed by atoms with Gasteiger partial charge in [0.2, 0.25) is 15.0 Å². The third-order valence-electron chi connectivity index (χ3n) is 5.29. The topological polar surface area (TPSA) is 92.3 Å². The van der Waals surface area contributed by atoms with E-state index >= 15 is 0 Å². The Labute approximate surface area is 194 Å². The smallest absolute Gasteiger partial charge is 0.286 e. The zero-order valence-corrected chi connectivity index (χ0v) is 19.5. The molecule has 168 valence electrons. The van der Waals surface area contributed by atoms with Crippen LogP contribution >= 0.6 is 22.9 Å². The number of hydrogen-bond acceptors (Lipinski definition) is 6. The number of piperidine rings is 1. The van der Waals surface area contributed by atoms with Crippen LogP contribution in [0, 0.1) is 12.7 Å². The Morgan fingerprint density at radius 3 is 2.81 bits per heavy atom. The Morgan fingerprint density at radius 2 is 2.03 bits per heavy atom. The highest BCUT2D eigenvalue weighted by molar-refractivity contribution is 7.89. The van der Waals surface area contributed by atoms with Crippen LogP contribution in [-0.4, -0.2) is 41.9 Å². The average molecular weight is 495 g/mol. The van der Waals surface area contributed by atoms with Gasteiger partial charge in [0.1, 0.15) is 10.8 Å². The fourth-order valence-electron chi connectivity index (χ4n) is 3.61. The van der Waals surface area contributed by atoms with Crippen molar-refractivity contribution in [2.45, 2.75) is 30.6 Å². The number of anilines is 1. The van der Waals surface area contributed by atoms with E-state index < -0.39 is 21.7 Å². The summed E-state index contributed by atoms with van der Waals surface area (Å²) in [5.74, 6) is -1.13. The Kier molecular flexibility index (Phi) is 6.57. The molecule has 3 aromatic rings. The summed E-state index contributed by atoms with van der Waals surface area (Å²) in [4.78, 5) is 12.6. The van der Waals surface area contributed by atoms with Crippen molar-refractivity contribution >= 4 is 44.6 Å². The molecule has 1 aromatic heterocycles. The van der Waals surface area contributed by atoms with Crippen molar-refractivity contribution in [2.75, 3.05) is 18.4 Å². The summed E-state index contributed by atoms with van der Waals surface area (Å²) in [6, 6.07) is 10.4. The van der Waals surface area contributed by atoms with Crippen molar-refractivity contribution in [3.63, 3.8) is 0 Å². The van der Waals surface area contributed by atoms with Gasteiger partial charge in [0.05, 0.1) is 4.90 Å². The van der Waals surface area contributed by atoms with Crippen LogP contribution in [-0.2, 0) is 10.0 Å². The quantitative estimate of drug-likeness (QED) is 0.565. The van der Waals surface area contributed by atoms with Gasteiger partial charge < -0.3 is 5.32 Å². The van der Waals surface area contributed by atoms with Crippen molar-refractivity contribution in [1.29, 1.82) is 0 Å². The molecule has 0 aliphatic carbocycles. The highest BCUT2D eigenvalue weighted by atomic mass is 35.5. The second kappa shape index (κ2) is 9.22. The van der Waals surface area contributed by atoms with Gasteiger partial charge in [0, 0.05) is 29.7 Å². The number of rotatable bonds is 5. The monoisotopic (exact) mass is 494 g/mol. The van der Waals surface area contributed by atoms with Crippen LogP contribution < -0.4 is 5.32 Å². The zero-order chi connectivity index (χ0) is 22.9. The molecule has 1 aliphatic rings. The minimum Gasteiger partial charge on any atom is -0.320 e. The molecule has 11 heteroatoms. The van der Waals surface area contributed by atoms with E-state index in [1.807, 2.05) is 0 Å². The number of amides is 1. The number of carbonyl (C=O) groups excluding carboxylic acids is 1. The normalized spacial score (nSPS) is 17.3. The molecule has 1 aliphatic heterocycles. The first-order valence-corrected chi connectivity index (χ1v) is 12.5. The fourth-order valence-corrected chi connectivity index (χ4v) is 6.48. The summed E-state index contributed by atoms with van der Waals surface area (Å²) in [6.07, 6.45) is 1.40. The first kappa shape index (κ1) is 22.8. The van der Waals surface area contributed by atoms with Gasteiger partial charge in [0.15, 0.2) is 0 Å². The zero-order valence-electron chi connectivity index (χ0n) is 17.1. The second-order valence-corrected chi connectivity index (χ2v) is 10.8. The van der Waals surface area contributed by atoms with E-state index in [1.54, 1.807) is 31.2 Å². The summed E-state index contributed by atoms with van der Waals surface area (Å²) in [7, 11) is -3.72. The van der Waals surface area contributed by atoms with E-state index in [2.05, 4.69) is 15.5 Å². The molecule has 0 saturated carbocycles. The Morgan fingerprint density at radius 1 is 1.25 bits per heavy atom. The van der Waals surface area contributed by atoms with Crippen molar-refractivity contribution < 1.29 is 17.6 Å². The average Bonchev–Trinajstić information content (AvgIpc) is 3.26. The molecule has 1 amide bonds. The van der Waals surface area contributed by atoms with Gasteiger partial charge in [-0.15, -0.1) is 10.2 Å². The lowest BCUT2D eigenvalue weighted by Crippen LogP contribution is -2.39. The van der Waals surface area contributed by atoms with E-state index in [1.165, 1.54) is 22.5 Å². The molecule has 1 N–H and O–H groups in total. The fraction of sp³-hybridized carbons (Fsp3) is 0.286. The molecule has 32 heavy (non-hydrogen) atoms. The number of aromatic nitrogens is 2. The van der Waals surface area contributed by atoms with Gasteiger partial charge in [-0.1, -0.05) is 35.1 Å². The first-order valence-electron chi connectivity index (χ1n) is 9.91. The SMILES string of the molecule is Cc1c(Cl)cccc1S(=O)(=O)N1CCC[C@@H](c2nnc(C(=O)Nc3cccc(F)c3)s2)C1. The maximum absolute atomic E-state index is 13.3. The number of nitrogens with zero attached hydrogens (tertiary/aromatic N) is 3. The van der Waals surface area contributed by atoms with Crippen LogP contribution in [0.4, 0.5) is 10.1 Å². The molecule has 0 unspecified atom stereocenters. The third-order valence-corrected chi connectivity index (χ3v) is 8.79. The van der Waals surface area contributed by atoms with Crippen molar-refractivity contribution in [2.24, 2.45) is 0 Å². The third kappa shape index (κ3) is 4.68. The molecule has 0 bridgehead atoms. The van der Waals surface area contributed by atoms with Gasteiger partial charge in [-0.25, -0.2) is 12.8 Å². The minimum atomic E-state index is -3.72. The molecule has 2 aromatic carbocycles. The van der Waals surface area contributed by atoms with E-state index in [0.29, 0.717) is 34.2 Å². The number of benzene rings is 2. The van der Waals surface area contributed by atoms with Crippen LogP contribution in [0.15, 0.2) is 47.4 Å². The summed E-state index contributed by atoms with van der Waals surface area (Å²) in [6.45, 7) is 2.33.